The second-order valence-corrected chi connectivity index (χ2v) is 7.11. The van der Waals surface area contributed by atoms with E-state index in [1.54, 1.807) is 0 Å². The first kappa shape index (κ1) is 16.0. The monoisotopic (exact) mass is 283 g/mol. The molecule has 114 valence electrons. The molecule has 2 aromatic carbocycles. The molecule has 1 atom stereocenters. The first-order valence-electron chi connectivity index (χ1n) is 8.19. The van der Waals surface area contributed by atoms with Crippen LogP contribution in [0, 0.1) is 11.3 Å². The van der Waals surface area contributed by atoms with Gasteiger partial charge in [0, 0.05) is 0 Å². The molecule has 1 unspecified atom stereocenters. The highest BCUT2D eigenvalue weighted by Gasteiger charge is 2.24. The molecule has 0 bridgehead atoms. The van der Waals surface area contributed by atoms with E-state index >= 15 is 0 Å². The van der Waals surface area contributed by atoms with E-state index in [-0.39, 0.29) is 0 Å². The van der Waals surface area contributed by atoms with Crippen molar-refractivity contribution >= 4 is 10.8 Å². The summed E-state index contributed by atoms with van der Waals surface area (Å²) in [5.41, 5.74) is 1.80. The smallest absolute Gasteiger partial charge is 0.00123 e. The summed E-state index contributed by atoms with van der Waals surface area (Å²) in [6.07, 6.45) is 2.34. The van der Waals surface area contributed by atoms with Crippen LogP contribution in [0.2, 0.25) is 0 Å². The van der Waals surface area contributed by atoms with Crippen molar-refractivity contribution in [1.29, 1.82) is 0 Å². The lowest BCUT2D eigenvalue weighted by Gasteiger charge is -2.31. The Kier molecular flexibility index (Phi) is 5.41. The predicted octanol–water partition coefficient (Wildman–Crippen LogP) is 5.04. The molecule has 0 heterocycles. The number of hydrogen-bond donors (Lipinski definition) is 1. The summed E-state index contributed by atoms with van der Waals surface area (Å²) in [6, 6.07) is 15.4. The maximum Gasteiger partial charge on any atom is -0.00123 e. The fourth-order valence-electron chi connectivity index (χ4n) is 2.87. The fourth-order valence-corrected chi connectivity index (χ4v) is 2.87. The zero-order valence-corrected chi connectivity index (χ0v) is 13.9. The summed E-state index contributed by atoms with van der Waals surface area (Å²) >= 11 is 0. The molecule has 1 N–H and O–H groups in total. The van der Waals surface area contributed by atoms with Gasteiger partial charge in [0.05, 0.1) is 0 Å². The van der Waals surface area contributed by atoms with Gasteiger partial charge < -0.3 is 5.32 Å². The van der Waals surface area contributed by atoms with Crippen LogP contribution >= 0.6 is 0 Å². The number of hydrogen-bond acceptors (Lipinski definition) is 1. The summed E-state index contributed by atoms with van der Waals surface area (Å²) in [5.74, 6) is 0.648. The van der Waals surface area contributed by atoms with Crippen molar-refractivity contribution in [3.8, 4) is 0 Å². The van der Waals surface area contributed by atoms with Crippen LogP contribution in [0.15, 0.2) is 42.5 Å². The van der Waals surface area contributed by atoms with Gasteiger partial charge in [-0.15, -0.1) is 0 Å². The van der Waals surface area contributed by atoms with Gasteiger partial charge >= 0.3 is 0 Å². The normalized spacial score (nSPS) is 13.5. The van der Waals surface area contributed by atoms with E-state index in [1.807, 2.05) is 0 Å². The molecule has 0 aromatic heterocycles. The van der Waals surface area contributed by atoms with Gasteiger partial charge in [0.25, 0.3) is 0 Å². The number of nitrogens with one attached hydrogen (secondary N) is 1. The zero-order valence-electron chi connectivity index (χ0n) is 13.9. The Hall–Kier alpha value is -1.34. The Balaban J connectivity index is 2.22. The molecule has 21 heavy (non-hydrogen) atoms. The number of benzene rings is 2. The largest absolute Gasteiger partial charge is 0.316 e. The molecule has 1 nitrogen and oxygen atoms in total. The molecule has 2 aromatic rings. The van der Waals surface area contributed by atoms with E-state index in [2.05, 4.69) is 75.5 Å². The van der Waals surface area contributed by atoms with Crippen LogP contribution in [0.4, 0.5) is 0 Å². The van der Waals surface area contributed by atoms with Crippen molar-refractivity contribution in [3.63, 3.8) is 0 Å². The minimum absolute atomic E-state index is 0.317. The molecule has 1 heteroatoms. The Bertz CT molecular complexity index is 560. The summed E-state index contributed by atoms with van der Waals surface area (Å²) in [6.45, 7) is 11.5. The van der Waals surface area contributed by atoms with Crippen LogP contribution in [-0.2, 0) is 6.42 Å². The first-order valence-corrected chi connectivity index (χ1v) is 8.19. The predicted molar refractivity (Wildman–Crippen MR) is 93.8 cm³/mol. The van der Waals surface area contributed by atoms with Crippen molar-refractivity contribution in [2.45, 2.75) is 40.5 Å². The molecule has 0 radical (unpaired) electrons. The van der Waals surface area contributed by atoms with E-state index in [0.717, 1.165) is 19.5 Å². The van der Waals surface area contributed by atoms with Crippen LogP contribution in [-0.4, -0.2) is 13.1 Å². The maximum atomic E-state index is 3.61. The topological polar surface area (TPSA) is 12.0 Å². The van der Waals surface area contributed by atoms with Gasteiger partial charge in [0.2, 0.25) is 0 Å². The van der Waals surface area contributed by atoms with Crippen LogP contribution in [0.3, 0.4) is 0 Å². The summed E-state index contributed by atoms with van der Waals surface area (Å²) in [7, 11) is 0. The third-order valence-corrected chi connectivity index (χ3v) is 4.39. The summed E-state index contributed by atoms with van der Waals surface area (Å²) < 4.78 is 0. The SMILES string of the molecule is CCCNCC(Cc1cccc2ccccc12)C(C)(C)C. The Labute approximate surface area is 129 Å². The molecular weight excluding hydrogens is 254 g/mol. The lowest BCUT2D eigenvalue weighted by molar-refractivity contribution is 0.231. The second-order valence-electron chi connectivity index (χ2n) is 7.11. The average Bonchev–Trinajstić information content (AvgIpc) is 2.45. The second kappa shape index (κ2) is 7.09. The average molecular weight is 283 g/mol. The molecule has 0 saturated heterocycles. The van der Waals surface area contributed by atoms with Gasteiger partial charge in [-0.25, -0.2) is 0 Å². The van der Waals surface area contributed by atoms with E-state index in [1.165, 1.54) is 22.8 Å². The third kappa shape index (κ3) is 4.31. The molecule has 0 aliphatic heterocycles. The molecule has 0 fully saturated rings. The highest BCUT2D eigenvalue weighted by Crippen LogP contribution is 2.31. The van der Waals surface area contributed by atoms with E-state index < -0.39 is 0 Å². The number of rotatable bonds is 6. The molecule has 0 spiro atoms. The van der Waals surface area contributed by atoms with Crippen LogP contribution in [0.1, 0.15) is 39.7 Å². The molecule has 0 aliphatic carbocycles. The van der Waals surface area contributed by atoms with Crippen LogP contribution < -0.4 is 5.32 Å². The van der Waals surface area contributed by atoms with E-state index in [0.29, 0.717) is 11.3 Å². The molecule has 0 saturated carbocycles. The highest BCUT2D eigenvalue weighted by atomic mass is 14.9. The Morgan fingerprint density at radius 1 is 1.00 bits per heavy atom. The van der Waals surface area contributed by atoms with Gasteiger partial charge in [0.1, 0.15) is 0 Å². The lowest BCUT2D eigenvalue weighted by Crippen LogP contribution is -2.33. The standard InChI is InChI=1S/C20H29N/c1-5-13-21-15-18(20(2,3)4)14-17-11-8-10-16-9-6-7-12-19(16)17/h6-12,18,21H,5,13-15H2,1-4H3. The van der Waals surface area contributed by atoms with Crippen LogP contribution in [0.25, 0.3) is 10.8 Å². The Morgan fingerprint density at radius 2 is 1.71 bits per heavy atom. The van der Waals surface area contributed by atoms with Crippen LogP contribution in [0.5, 0.6) is 0 Å². The minimum atomic E-state index is 0.317. The zero-order chi connectivity index (χ0) is 15.3. The van der Waals surface area contributed by atoms with Crippen molar-refractivity contribution in [2.24, 2.45) is 11.3 Å². The molecular formula is C20H29N. The molecule has 0 amide bonds. The Morgan fingerprint density at radius 3 is 2.43 bits per heavy atom. The van der Waals surface area contributed by atoms with Crippen molar-refractivity contribution in [2.75, 3.05) is 13.1 Å². The fraction of sp³-hybridized carbons (Fsp3) is 0.500. The highest BCUT2D eigenvalue weighted by molar-refractivity contribution is 5.85. The quantitative estimate of drug-likeness (QED) is 0.732. The van der Waals surface area contributed by atoms with Crippen molar-refractivity contribution < 1.29 is 0 Å². The lowest BCUT2D eigenvalue weighted by atomic mass is 9.76. The minimum Gasteiger partial charge on any atom is -0.316 e. The van der Waals surface area contributed by atoms with Gasteiger partial charge in [0.15, 0.2) is 0 Å². The molecule has 0 aliphatic rings. The van der Waals surface area contributed by atoms with Crippen molar-refractivity contribution in [3.05, 3.63) is 48.0 Å². The summed E-state index contributed by atoms with van der Waals surface area (Å²) in [4.78, 5) is 0. The van der Waals surface area contributed by atoms with Gasteiger partial charge in [-0.3, -0.25) is 0 Å². The van der Waals surface area contributed by atoms with Gasteiger partial charge in [-0.2, -0.15) is 0 Å². The van der Waals surface area contributed by atoms with Crippen molar-refractivity contribution in [1.82, 2.24) is 5.32 Å². The van der Waals surface area contributed by atoms with E-state index in [4.69, 9.17) is 0 Å². The molecule has 2 rings (SSSR count). The van der Waals surface area contributed by atoms with E-state index in [9.17, 15) is 0 Å². The third-order valence-electron chi connectivity index (χ3n) is 4.39. The van der Waals surface area contributed by atoms with Gasteiger partial charge in [-0.1, -0.05) is 70.2 Å². The number of fused-ring (bicyclic) bond motifs is 1. The first-order chi connectivity index (χ1) is 10.0. The van der Waals surface area contributed by atoms with Gasteiger partial charge in [-0.05, 0) is 53.6 Å². The summed E-state index contributed by atoms with van der Waals surface area (Å²) in [5, 5.41) is 6.37. The maximum absolute atomic E-state index is 3.61.